The molecule has 5 rings (SSSR count). The monoisotopic (exact) mass is 408 g/mol. The molecule has 0 aromatic rings. The quantitative estimate of drug-likeness (QED) is 0.546. The molecule has 3 heterocycles. The van der Waals surface area contributed by atoms with E-state index in [0.717, 1.165) is 45.6 Å². The van der Waals surface area contributed by atoms with Gasteiger partial charge in [-0.15, -0.1) is 0 Å². The fourth-order valence-electron chi connectivity index (χ4n) is 6.49. The number of carbonyl (C=O) groups is 1. The van der Waals surface area contributed by atoms with Gasteiger partial charge < -0.3 is 10.6 Å². The van der Waals surface area contributed by atoms with Crippen LogP contribution in [0.15, 0.2) is 0 Å². The van der Waals surface area contributed by atoms with E-state index in [1.54, 1.807) is 0 Å². The second kappa shape index (κ2) is 8.38. The number of alkyl halides is 1. The fourth-order valence-corrected chi connectivity index (χ4v) is 6.49. The SMILES string of the molecule is CC1CCC(F)C2CC(C(=O)N[C@@H]3CCC[C@H](N4CCN5NCNC5C4)C3)NC12. The Morgan fingerprint density at radius 1 is 1.14 bits per heavy atom. The van der Waals surface area contributed by atoms with Crippen molar-refractivity contribution in [3.8, 4) is 0 Å². The predicted octanol–water partition coefficient (Wildman–Crippen LogP) is 0.538. The number of hydrogen-bond acceptors (Lipinski definition) is 6. The van der Waals surface area contributed by atoms with Crippen molar-refractivity contribution in [2.45, 2.75) is 88.4 Å². The van der Waals surface area contributed by atoms with Crippen molar-refractivity contribution in [2.75, 3.05) is 26.3 Å². The molecule has 4 N–H and O–H groups in total. The van der Waals surface area contributed by atoms with Crippen LogP contribution in [0.4, 0.5) is 4.39 Å². The number of piperazine rings is 1. The highest BCUT2D eigenvalue weighted by Gasteiger charge is 2.46. The van der Waals surface area contributed by atoms with Gasteiger partial charge in [-0.3, -0.25) is 15.0 Å². The molecule has 1 amide bonds. The second-order valence-electron chi connectivity index (χ2n) is 9.98. The molecule has 5 aliphatic rings. The van der Waals surface area contributed by atoms with Gasteiger partial charge in [0.05, 0.1) is 18.9 Å². The molecule has 8 heteroatoms. The van der Waals surface area contributed by atoms with Crippen LogP contribution in [-0.4, -0.2) is 78.6 Å². The molecule has 29 heavy (non-hydrogen) atoms. The van der Waals surface area contributed by atoms with Gasteiger partial charge in [-0.2, -0.15) is 0 Å². The van der Waals surface area contributed by atoms with E-state index in [9.17, 15) is 9.18 Å². The Morgan fingerprint density at radius 2 is 2.03 bits per heavy atom. The molecule has 0 radical (unpaired) electrons. The van der Waals surface area contributed by atoms with Crippen LogP contribution < -0.4 is 21.4 Å². The average Bonchev–Trinajstić information content (AvgIpc) is 3.38. The highest BCUT2D eigenvalue weighted by atomic mass is 19.1. The summed E-state index contributed by atoms with van der Waals surface area (Å²) in [4.78, 5) is 15.6. The summed E-state index contributed by atoms with van der Waals surface area (Å²) in [5.74, 6) is 0.564. The second-order valence-corrected chi connectivity index (χ2v) is 9.98. The lowest BCUT2D eigenvalue weighted by Gasteiger charge is -2.43. The van der Waals surface area contributed by atoms with Gasteiger partial charge in [-0.25, -0.2) is 14.8 Å². The summed E-state index contributed by atoms with van der Waals surface area (Å²) in [6.07, 6.45) is 6.37. The lowest BCUT2D eigenvalue weighted by Crippen LogP contribution is -2.59. The summed E-state index contributed by atoms with van der Waals surface area (Å²) < 4.78 is 14.4. The van der Waals surface area contributed by atoms with E-state index >= 15 is 0 Å². The van der Waals surface area contributed by atoms with Crippen LogP contribution in [0.5, 0.6) is 0 Å². The molecule has 5 fully saturated rings. The first-order valence-electron chi connectivity index (χ1n) is 11.8. The van der Waals surface area contributed by atoms with E-state index in [-0.39, 0.29) is 30.0 Å². The molecule has 3 aliphatic heterocycles. The number of hydrogen-bond donors (Lipinski definition) is 4. The lowest BCUT2D eigenvalue weighted by atomic mass is 9.77. The topological polar surface area (TPSA) is 71.7 Å². The van der Waals surface area contributed by atoms with Gasteiger partial charge in [-0.05, 0) is 50.9 Å². The molecule has 6 unspecified atom stereocenters. The molecule has 8 atom stereocenters. The van der Waals surface area contributed by atoms with Gasteiger partial charge in [0.25, 0.3) is 0 Å². The number of nitrogens with zero attached hydrogens (tertiary/aromatic N) is 2. The Bertz CT molecular complexity index is 590. The van der Waals surface area contributed by atoms with Crippen molar-refractivity contribution in [3.05, 3.63) is 0 Å². The van der Waals surface area contributed by atoms with Crippen LogP contribution in [0.2, 0.25) is 0 Å². The first-order chi connectivity index (χ1) is 14.1. The maximum absolute atomic E-state index is 14.4. The number of hydrazine groups is 1. The molecule has 0 aromatic heterocycles. The zero-order chi connectivity index (χ0) is 20.0. The van der Waals surface area contributed by atoms with Crippen LogP contribution >= 0.6 is 0 Å². The minimum Gasteiger partial charge on any atom is -0.352 e. The van der Waals surface area contributed by atoms with E-state index in [1.165, 1.54) is 12.8 Å². The minimum absolute atomic E-state index is 0.0115. The van der Waals surface area contributed by atoms with Crippen molar-refractivity contribution in [1.82, 2.24) is 31.3 Å². The largest absolute Gasteiger partial charge is 0.352 e. The van der Waals surface area contributed by atoms with Crippen LogP contribution in [0.1, 0.15) is 51.9 Å². The zero-order valence-corrected chi connectivity index (χ0v) is 17.6. The Labute approximate surface area is 173 Å². The van der Waals surface area contributed by atoms with Crippen LogP contribution in [0.25, 0.3) is 0 Å². The van der Waals surface area contributed by atoms with Gasteiger partial charge in [-0.1, -0.05) is 6.92 Å². The highest BCUT2D eigenvalue weighted by molar-refractivity contribution is 5.82. The van der Waals surface area contributed by atoms with Crippen molar-refractivity contribution in [1.29, 1.82) is 0 Å². The number of rotatable bonds is 3. The summed E-state index contributed by atoms with van der Waals surface area (Å²) in [7, 11) is 0. The standard InChI is InChI=1S/C21H37FN6O/c1-13-5-6-17(22)16-10-18(26-20(13)16)21(29)25-14-3-2-4-15(9-14)27-7-8-28-19(11-27)23-12-24-28/h13-20,23-24,26H,2-12H2,1H3,(H,25,29)/t13?,14-,15+,16?,17?,18?,19?,20?/m1/s1. The molecule has 2 aliphatic carbocycles. The Balaban J connectivity index is 1.14. The van der Waals surface area contributed by atoms with Crippen molar-refractivity contribution in [2.24, 2.45) is 11.8 Å². The van der Waals surface area contributed by atoms with Gasteiger partial charge in [0.2, 0.25) is 5.91 Å². The van der Waals surface area contributed by atoms with Crippen molar-refractivity contribution in [3.63, 3.8) is 0 Å². The van der Waals surface area contributed by atoms with Gasteiger partial charge in [0.15, 0.2) is 0 Å². The number of nitrogens with one attached hydrogen (secondary N) is 4. The smallest absolute Gasteiger partial charge is 0.237 e. The number of halogens is 1. The molecule has 7 nitrogen and oxygen atoms in total. The van der Waals surface area contributed by atoms with E-state index in [0.29, 0.717) is 31.0 Å². The summed E-state index contributed by atoms with van der Waals surface area (Å²) >= 11 is 0. The summed E-state index contributed by atoms with van der Waals surface area (Å²) in [6, 6.07) is 0.740. The molecule has 0 aromatic carbocycles. The summed E-state index contributed by atoms with van der Waals surface area (Å²) in [5.41, 5.74) is 3.38. The third kappa shape index (κ3) is 4.06. The number of carbonyl (C=O) groups excluding carboxylic acids is 1. The van der Waals surface area contributed by atoms with E-state index in [4.69, 9.17) is 0 Å². The minimum atomic E-state index is -0.752. The maximum Gasteiger partial charge on any atom is 0.237 e. The van der Waals surface area contributed by atoms with Crippen molar-refractivity contribution >= 4 is 5.91 Å². The number of amides is 1. The van der Waals surface area contributed by atoms with Crippen LogP contribution in [0, 0.1) is 11.8 Å². The van der Waals surface area contributed by atoms with Crippen LogP contribution in [-0.2, 0) is 4.79 Å². The molecule has 0 spiro atoms. The normalized spacial score (nSPS) is 46.3. The van der Waals surface area contributed by atoms with Gasteiger partial charge >= 0.3 is 0 Å². The zero-order valence-electron chi connectivity index (χ0n) is 17.6. The van der Waals surface area contributed by atoms with Crippen molar-refractivity contribution < 1.29 is 9.18 Å². The van der Waals surface area contributed by atoms with Gasteiger partial charge in [0, 0.05) is 43.7 Å². The summed E-state index contributed by atoms with van der Waals surface area (Å²) in [6.45, 7) is 6.22. The van der Waals surface area contributed by atoms with Crippen LogP contribution in [0.3, 0.4) is 0 Å². The predicted molar refractivity (Wildman–Crippen MR) is 110 cm³/mol. The fraction of sp³-hybridized carbons (Fsp3) is 0.952. The van der Waals surface area contributed by atoms with Gasteiger partial charge in [0.1, 0.15) is 6.17 Å². The molecule has 2 saturated carbocycles. The molecular formula is C21H37FN6O. The maximum atomic E-state index is 14.4. The molecule has 0 bridgehead atoms. The Hall–Kier alpha value is -0.800. The number of fused-ring (bicyclic) bond motifs is 2. The van der Waals surface area contributed by atoms with E-state index < -0.39 is 6.17 Å². The molecule has 164 valence electrons. The summed E-state index contributed by atoms with van der Waals surface area (Å²) in [5, 5.41) is 12.6. The molecule has 3 saturated heterocycles. The highest BCUT2D eigenvalue weighted by Crippen LogP contribution is 2.38. The third-order valence-corrected chi connectivity index (χ3v) is 8.20. The Kier molecular flexibility index (Phi) is 5.82. The first kappa shape index (κ1) is 20.1. The molecular weight excluding hydrogens is 371 g/mol. The lowest BCUT2D eigenvalue weighted by molar-refractivity contribution is -0.124. The third-order valence-electron chi connectivity index (χ3n) is 8.20. The first-order valence-corrected chi connectivity index (χ1v) is 11.8. The Morgan fingerprint density at radius 3 is 2.90 bits per heavy atom. The average molecular weight is 409 g/mol. The van der Waals surface area contributed by atoms with E-state index in [2.05, 4.69) is 38.2 Å². The van der Waals surface area contributed by atoms with E-state index in [1.807, 2.05) is 0 Å².